The van der Waals surface area contributed by atoms with E-state index in [-0.39, 0.29) is 29.7 Å². The fourth-order valence-corrected chi connectivity index (χ4v) is 3.13. The third kappa shape index (κ3) is 2.18. The van der Waals surface area contributed by atoms with E-state index in [0.717, 1.165) is 11.4 Å². The van der Waals surface area contributed by atoms with Gasteiger partial charge in [-0.05, 0) is 18.6 Å². The molecule has 0 unspecified atom stereocenters. The number of amides is 2. The van der Waals surface area contributed by atoms with Crippen molar-refractivity contribution in [2.45, 2.75) is 12.5 Å². The molecule has 5 heteroatoms. The van der Waals surface area contributed by atoms with Gasteiger partial charge in [-0.1, -0.05) is 24.3 Å². The Morgan fingerprint density at radius 3 is 2.76 bits per heavy atom. The number of nitrogens with zero attached hydrogens (tertiary/aromatic N) is 1. The number of hydrogen-bond acceptors (Lipinski definition) is 4. The fourth-order valence-electron chi connectivity index (χ4n) is 3.13. The van der Waals surface area contributed by atoms with Gasteiger partial charge in [0, 0.05) is 7.05 Å². The Labute approximate surface area is 123 Å². The number of rotatable bonds is 3. The minimum absolute atomic E-state index is 0.0822. The first-order chi connectivity index (χ1) is 10.1. The van der Waals surface area contributed by atoms with E-state index in [1.807, 2.05) is 36.4 Å². The molecule has 5 nitrogen and oxygen atoms in total. The Hall–Kier alpha value is -2.30. The standard InChI is InChI=1S/C16H18N2O3/c1-18-15(19)10-6-5-8-12(14(10)16(18)20)17-11-7-3-4-9-13(11)21-2/h3-5,7-10,12,14,17H,6H2,1-2H3/t10-,12+,14-/m0/s1. The van der Waals surface area contributed by atoms with Crippen LogP contribution in [0, 0.1) is 11.8 Å². The highest BCUT2D eigenvalue weighted by Gasteiger charge is 2.49. The molecule has 21 heavy (non-hydrogen) atoms. The highest BCUT2D eigenvalue weighted by atomic mass is 16.5. The number of fused-ring (bicyclic) bond motifs is 1. The van der Waals surface area contributed by atoms with E-state index < -0.39 is 0 Å². The summed E-state index contributed by atoms with van der Waals surface area (Å²) in [7, 11) is 3.17. The van der Waals surface area contributed by atoms with Crippen LogP contribution in [0.4, 0.5) is 5.69 Å². The third-order valence-corrected chi connectivity index (χ3v) is 4.25. The van der Waals surface area contributed by atoms with Crippen LogP contribution in [-0.4, -0.2) is 36.9 Å². The number of carbonyl (C=O) groups is 2. The van der Waals surface area contributed by atoms with Crippen molar-refractivity contribution in [3.8, 4) is 5.75 Å². The number of benzene rings is 1. The van der Waals surface area contributed by atoms with Gasteiger partial charge in [-0.2, -0.15) is 0 Å². The topological polar surface area (TPSA) is 58.6 Å². The molecule has 1 aliphatic carbocycles. The molecule has 1 saturated heterocycles. The van der Waals surface area contributed by atoms with Gasteiger partial charge in [0.1, 0.15) is 5.75 Å². The lowest BCUT2D eigenvalue weighted by Gasteiger charge is -2.28. The van der Waals surface area contributed by atoms with Gasteiger partial charge in [0.2, 0.25) is 11.8 Å². The Bertz CT molecular complexity index is 611. The molecule has 0 saturated carbocycles. The molecule has 1 heterocycles. The maximum absolute atomic E-state index is 12.3. The fraction of sp³-hybridized carbons (Fsp3) is 0.375. The van der Waals surface area contributed by atoms with Crippen LogP contribution in [0.5, 0.6) is 5.75 Å². The first-order valence-corrected chi connectivity index (χ1v) is 7.01. The Morgan fingerprint density at radius 2 is 2.00 bits per heavy atom. The first-order valence-electron chi connectivity index (χ1n) is 7.01. The quantitative estimate of drug-likeness (QED) is 0.678. The van der Waals surface area contributed by atoms with E-state index in [4.69, 9.17) is 4.74 Å². The molecule has 0 radical (unpaired) electrons. The van der Waals surface area contributed by atoms with Gasteiger partial charge < -0.3 is 10.1 Å². The van der Waals surface area contributed by atoms with Crippen LogP contribution in [-0.2, 0) is 9.59 Å². The summed E-state index contributed by atoms with van der Waals surface area (Å²) < 4.78 is 5.32. The van der Waals surface area contributed by atoms with Gasteiger partial charge in [0.25, 0.3) is 0 Å². The molecule has 1 aromatic rings. The van der Waals surface area contributed by atoms with Crippen LogP contribution in [0.15, 0.2) is 36.4 Å². The largest absolute Gasteiger partial charge is 0.495 e. The molecule has 3 atom stereocenters. The van der Waals surface area contributed by atoms with Crippen LogP contribution in [0.1, 0.15) is 6.42 Å². The monoisotopic (exact) mass is 286 g/mol. The van der Waals surface area contributed by atoms with Crippen molar-refractivity contribution in [3.63, 3.8) is 0 Å². The molecule has 110 valence electrons. The van der Waals surface area contributed by atoms with E-state index in [9.17, 15) is 9.59 Å². The number of hydrogen-bond donors (Lipinski definition) is 1. The molecule has 2 aliphatic rings. The second kappa shape index (κ2) is 5.24. The SMILES string of the molecule is COc1ccccc1N[C@@H]1C=CC[C@@H]2C(=O)N(C)C(=O)[C@@H]21. The minimum Gasteiger partial charge on any atom is -0.495 e. The number of methoxy groups -OCH3 is 1. The summed E-state index contributed by atoms with van der Waals surface area (Å²) in [6.45, 7) is 0. The summed E-state index contributed by atoms with van der Waals surface area (Å²) in [4.78, 5) is 25.6. The highest BCUT2D eigenvalue weighted by molar-refractivity contribution is 6.05. The van der Waals surface area contributed by atoms with Crippen molar-refractivity contribution >= 4 is 17.5 Å². The molecule has 2 amide bonds. The zero-order valence-electron chi connectivity index (χ0n) is 12.1. The number of allylic oxidation sites excluding steroid dienone is 1. The summed E-state index contributed by atoms with van der Waals surface area (Å²) in [5.74, 6) is -0.0572. The van der Waals surface area contributed by atoms with Gasteiger partial charge in [-0.25, -0.2) is 0 Å². The summed E-state index contributed by atoms with van der Waals surface area (Å²) in [5.41, 5.74) is 0.824. The predicted molar refractivity (Wildman–Crippen MR) is 78.9 cm³/mol. The predicted octanol–water partition coefficient (Wildman–Crippen LogP) is 1.67. The molecule has 1 aromatic carbocycles. The van der Waals surface area contributed by atoms with Gasteiger partial charge in [-0.15, -0.1) is 0 Å². The van der Waals surface area contributed by atoms with Gasteiger partial charge in [0.15, 0.2) is 0 Å². The second-order valence-corrected chi connectivity index (χ2v) is 5.40. The summed E-state index contributed by atoms with van der Waals surface area (Å²) >= 11 is 0. The van der Waals surface area contributed by atoms with Gasteiger partial charge >= 0.3 is 0 Å². The van der Waals surface area contributed by atoms with E-state index in [0.29, 0.717) is 6.42 Å². The number of ether oxygens (including phenoxy) is 1. The third-order valence-electron chi connectivity index (χ3n) is 4.25. The van der Waals surface area contributed by atoms with Crippen molar-refractivity contribution in [2.24, 2.45) is 11.8 Å². The van der Waals surface area contributed by atoms with Gasteiger partial charge in [0.05, 0.1) is 30.7 Å². The van der Waals surface area contributed by atoms with Crippen LogP contribution in [0.2, 0.25) is 0 Å². The summed E-state index contributed by atoms with van der Waals surface area (Å²) in [5, 5.41) is 3.33. The zero-order chi connectivity index (χ0) is 15.0. The van der Waals surface area contributed by atoms with Crippen LogP contribution >= 0.6 is 0 Å². The number of nitrogens with one attached hydrogen (secondary N) is 1. The van der Waals surface area contributed by atoms with Crippen LogP contribution < -0.4 is 10.1 Å². The van der Waals surface area contributed by atoms with E-state index >= 15 is 0 Å². The first kappa shape index (κ1) is 13.7. The van der Waals surface area contributed by atoms with E-state index in [1.54, 1.807) is 14.2 Å². The van der Waals surface area contributed by atoms with Crippen molar-refractivity contribution in [1.82, 2.24) is 4.90 Å². The molecule has 0 aromatic heterocycles. The second-order valence-electron chi connectivity index (χ2n) is 5.40. The van der Waals surface area contributed by atoms with Crippen molar-refractivity contribution in [1.29, 1.82) is 0 Å². The Morgan fingerprint density at radius 1 is 1.24 bits per heavy atom. The molecule has 0 spiro atoms. The molecule has 1 fully saturated rings. The van der Waals surface area contributed by atoms with E-state index in [2.05, 4.69) is 5.32 Å². The van der Waals surface area contributed by atoms with Crippen LogP contribution in [0.25, 0.3) is 0 Å². The minimum atomic E-state index is -0.336. The lowest BCUT2D eigenvalue weighted by molar-refractivity contribution is -0.138. The van der Waals surface area contributed by atoms with Crippen molar-refractivity contribution in [3.05, 3.63) is 36.4 Å². The van der Waals surface area contributed by atoms with Gasteiger partial charge in [-0.3, -0.25) is 14.5 Å². The molecule has 3 rings (SSSR count). The average molecular weight is 286 g/mol. The normalized spacial score (nSPS) is 27.7. The van der Waals surface area contributed by atoms with Crippen molar-refractivity contribution in [2.75, 3.05) is 19.5 Å². The molecule has 1 N–H and O–H groups in total. The number of imide groups is 1. The summed E-state index contributed by atoms with van der Waals surface area (Å²) in [6, 6.07) is 7.37. The Balaban J connectivity index is 1.88. The number of para-hydroxylation sites is 2. The number of anilines is 1. The Kier molecular flexibility index (Phi) is 3.41. The zero-order valence-corrected chi connectivity index (χ0v) is 12.1. The van der Waals surface area contributed by atoms with Crippen LogP contribution in [0.3, 0.4) is 0 Å². The number of likely N-dealkylation sites (tertiary alicyclic amines) is 1. The lowest BCUT2D eigenvalue weighted by atomic mass is 9.81. The smallest absolute Gasteiger partial charge is 0.235 e. The maximum atomic E-state index is 12.3. The molecule has 0 bridgehead atoms. The summed E-state index contributed by atoms with van der Waals surface area (Å²) in [6.07, 6.45) is 4.57. The van der Waals surface area contributed by atoms with E-state index in [1.165, 1.54) is 4.90 Å². The molecule has 1 aliphatic heterocycles. The van der Waals surface area contributed by atoms with Crippen molar-refractivity contribution < 1.29 is 14.3 Å². The lowest BCUT2D eigenvalue weighted by Crippen LogP contribution is -2.38. The number of carbonyl (C=O) groups excluding carboxylic acids is 2. The average Bonchev–Trinajstić information content (AvgIpc) is 2.73. The highest BCUT2D eigenvalue weighted by Crippen LogP contribution is 2.37. The molecular formula is C16H18N2O3. The maximum Gasteiger partial charge on any atom is 0.235 e. The molecular weight excluding hydrogens is 268 g/mol.